The molecule has 1 aliphatic heterocycles. The van der Waals surface area contributed by atoms with Gasteiger partial charge < -0.3 is 24.2 Å². The molecule has 3 aromatic rings. The van der Waals surface area contributed by atoms with E-state index < -0.39 is 41.2 Å². The van der Waals surface area contributed by atoms with E-state index in [4.69, 9.17) is 9.63 Å². The Labute approximate surface area is 192 Å². The van der Waals surface area contributed by atoms with E-state index in [0.717, 1.165) is 26.3 Å². The van der Waals surface area contributed by atoms with Gasteiger partial charge in [0.15, 0.2) is 5.69 Å². The van der Waals surface area contributed by atoms with Crippen LogP contribution < -0.4 is 0 Å². The van der Waals surface area contributed by atoms with Crippen LogP contribution in [0.1, 0.15) is 42.3 Å². The molecule has 1 aromatic carbocycles. The summed E-state index contributed by atoms with van der Waals surface area (Å²) in [6.45, 7) is 2.93. The number of piperidine rings is 1. The number of aryl methyl sites for hydroxylation is 1. The molecule has 4 rings (SSSR count). The maximum atomic E-state index is 13.3. The Morgan fingerprint density at radius 3 is 2.65 bits per heavy atom. The number of carboxylic acid groups (broad SMARTS) is 1. The number of nitrogens with zero attached hydrogens (tertiary/aromatic N) is 4. The van der Waals surface area contributed by atoms with E-state index in [-0.39, 0.29) is 18.2 Å². The normalized spacial score (nSPS) is 18.2. The third kappa shape index (κ3) is 5.28. The van der Waals surface area contributed by atoms with Crippen molar-refractivity contribution in [3.8, 4) is 23.0 Å². The lowest BCUT2D eigenvalue weighted by Gasteiger charge is -2.33. The van der Waals surface area contributed by atoms with E-state index in [0.29, 0.717) is 24.2 Å². The maximum absolute atomic E-state index is 13.3. The van der Waals surface area contributed by atoms with E-state index in [1.807, 2.05) is 0 Å². The first-order valence-corrected chi connectivity index (χ1v) is 10.7. The molecular weight excluding hydrogens is 457 g/mol. The number of rotatable bonds is 7. The topological polar surface area (TPSA) is 126 Å². The van der Waals surface area contributed by atoms with Crippen LogP contribution in [0.25, 0.3) is 23.0 Å². The number of alkyl halides is 3. The van der Waals surface area contributed by atoms with Gasteiger partial charge in [0, 0.05) is 25.1 Å². The molecule has 0 saturated carbocycles. The second-order valence-electron chi connectivity index (χ2n) is 8.39. The van der Waals surface area contributed by atoms with Gasteiger partial charge in [-0.15, -0.1) is 0 Å². The van der Waals surface area contributed by atoms with Crippen LogP contribution in [0.15, 0.2) is 33.3 Å². The van der Waals surface area contributed by atoms with Crippen LogP contribution in [0.5, 0.6) is 0 Å². The molecule has 34 heavy (non-hydrogen) atoms. The highest BCUT2D eigenvalue weighted by molar-refractivity contribution is 5.67. The van der Waals surface area contributed by atoms with Crippen molar-refractivity contribution in [2.45, 2.75) is 38.5 Å². The summed E-state index contributed by atoms with van der Waals surface area (Å²) >= 11 is 0. The van der Waals surface area contributed by atoms with E-state index in [1.54, 1.807) is 24.3 Å². The average molecular weight is 480 g/mol. The van der Waals surface area contributed by atoms with Gasteiger partial charge in [-0.1, -0.05) is 34.6 Å². The second-order valence-corrected chi connectivity index (χ2v) is 8.39. The number of aromatic nitrogens is 3. The Morgan fingerprint density at radius 2 is 1.97 bits per heavy atom. The van der Waals surface area contributed by atoms with Gasteiger partial charge in [-0.25, -0.2) is 0 Å². The molecule has 3 heterocycles. The first-order valence-electron chi connectivity index (χ1n) is 10.7. The van der Waals surface area contributed by atoms with Crippen molar-refractivity contribution in [2.24, 2.45) is 5.92 Å². The van der Waals surface area contributed by atoms with E-state index in [9.17, 15) is 23.1 Å². The van der Waals surface area contributed by atoms with Crippen LogP contribution in [-0.2, 0) is 11.0 Å². The average Bonchev–Trinajstić information content (AvgIpc) is 3.40. The fraction of sp³-hybridized carbons (Fsp3) is 0.455. The van der Waals surface area contributed by atoms with Crippen LogP contribution in [0, 0.1) is 12.8 Å². The van der Waals surface area contributed by atoms with Crippen molar-refractivity contribution in [2.75, 3.05) is 19.6 Å². The summed E-state index contributed by atoms with van der Waals surface area (Å²) < 4.78 is 49.5. The summed E-state index contributed by atoms with van der Waals surface area (Å²) in [7, 11) is 0. The molecule has 9 nitrogen and oxygen atoms in total. The number of carboxylic acids is 1. The van der Waals surface area contributed by atoms with Gasteiger partial charge in [0.05, 0.1) is 6.10 Å². The zero-order chi connectivity index (χ0) is 24.5. The number of carbonyl (C=O) groups is 1. The molecule has 2 aromatic heterocycles. The van der Waals surface area contributed by atoms with Gasteiger partial charge in [-0.3, -0.25) is 4.79 Å². The molecule has 0 spiro atoms. The van der Waals surface area contributed by atoms with Crippen LogP contribution in [0.4, 0.5) is 13.2 Å². The lowest BCUT2D eigenvalue weighted by molar-refractivity contribution is -0.139. The highest BCUT2D eigenvalue weighted by Crippen LogP contribution is 2.38. The molecule has 0 amide bonds. The summed E-state index contributed by atoms with van der Waals surface area (Å²) in [5.41, 5.74) is -0.512. The van der Waals surface area contributed by atoms with Crippen molar-refractivity contribution in [1.29, 1.82) is 0 Å². The zero-order valence-electron chi connectivity index (χ0n) is 18.2. The molecule has 0 bridgehead atoms. The van der Waals surface area contributed by atoms with Gasteiger partial charge in [0.25, 0.3) is 5.89 Å². The van der Waals surface area contributed by atoms with Crippen molar-refractivity contribution < 1.29 is 37.2 Å². The molecule has 1 aliphatic rings. The number of benzene rings is 1. The van der Waals surface area contributed by atoms with E-state index in [2.05, 4.69) is 24.7 Å². The lowest BCUT2D eigenvalue weighted by Crippen LogP contribution is -2.38. The number of hydrogen-bond acceptors (Lipinski definition) is 8. The molecule has 0 aliphatic carbocycles. The quantitative estimate of drug-likeness (QED) is 0.517. The van der Waals surface area contributed by atoms with Crippen molar-refractivity contribution in [1.82, 2.24) is 20.2 Å². The molecule has 1 saturated heterocycles. The third-order valence-electron chi connectivity index (χ3n) is 5.83. The van der Waals surface area contributed by atoms with Crippen molar-refractivity contribution >= 4 is 5.97 Å². The number of halogens is 3. The number of likely N-dealkylation sites (tertiary alicyclic amines) is 1. The van der Waals surface area contributed by atoms with Crippen LogP contribution in [0.3, 0.4) is 0 Å². The molecule has 0 radical (unpaired) electrons. The minimum atomic E-state index is -4.69. The zero-order valence-corrected chi connectivity index (χ0v) is 18.2. The van der Waals surface area contributed by atoms with E-state index in [1.165, 1.54) is 0 Å². The third-order valence-corrected chi connectivity index (χ3v) is 5.83. The van der Waals surface area contributed by atoms with Crippen molar-refractivity contribution in [3.05, 3.63) is 41.2 Å². The second kappa shape index (κ2) is 9.55. The maximum Gasteiger partial charge on any atom is 0.422 e. The Balaban J connectivity index is 1.44. The predicted octanol–water partition coefficient (Wildman–Crippen LogP) is 3.94. The minimum absolute atomic E-state index is 0.0670. The van der Waals surface area contributed by atoms with Gasteiger partial charge >= 0.3 is 12.1 Å². The first kappa shape index (κ1) is 23.9. The Bertz CT molecular complexity index is 1140. The largest absolute Gasteiger partial charge is 0.481 e. The molecule has 12 heteroatoms. The molecule has 2 atom stereocenters. The molecular formula is C22H23F3N4O5. The summed E-state index contributed by atoms with van der Waals surface area (Å²) in [6.07, 6.45) is -3.62. The van der Waals surface area contributed by atoms with E-state index >= 15 is 0 Å². The number of aliphatic carboxylic acids is 1. The number of hydrogen-bond donors (Lipinski definition) is 2. The fourth-order valence-corrected chi connectivity index (χ4v) is 4.22. The summed E-state index contributed by atoms with van der Waals surface area (Å²) in [6, 6.07) is 6.62. The standard InChI is InChI=1S/C22H23F3N4O5/c1-12-18(22(23,24)25)19(27-33-12)21-26-20(28-34-21)15-6-4-14(5-7-15)16(30)11-29-8-2-3-13(10-29)9-17(31)32/h4-7,13,16,30H,2-3,8-11H2,1H3,(H,31,32)/t13-,16-/m1/s1. The monoisotopic (exact) mass is 480 g/mol. The Kier molecular flexibility index (Phi) is 6.71. The SMILES string of the molecule is Cc1onc(-c2nc(-c3ccc([C@H](O)CN4CCC[C@H](CC(=O)O)C4)cc3)no2)c1C(F)(F)F. The number of β-amino-alcohol motifs (C(OH)–C–C–N with tert-alkyl or cyclic N) is 1. The van der Waals surface area contributed by atoms with Crippen LogP contribution >= 0.6 is 0 Å². The predicted molar refractivity (Wildman–Crippen MR) is 111 cm³/mol. The molecule has 2 N–H and O–H groups in total. The van der Waals surface area contributed by atoms with Gasteiger partial charge in [0.2, 0.25) is 5.82 Å². The summed E-state index contributed by atoms with van der Waals surface area (Å²) in [4.78, 5) is 17.0. The number of aliphatic hydroxyl groups is 1. The molecule has 1 fully saturated rings. The molecule has 0 unspecified atom stereocenters. The van der Waals surface area contributed by atoms with Crippen LogP contribution in [0.2, 0.25) is 0 Å². The van der Waals surface area contributed by atoms with Crippen LogP contribution in [-0.4, -0.2) is 56.0 Å². The highest BCUT2D eigenvalue weighted by Gasteiger charge is 2.41. The van der Waals surface area contributed by atoms with Gasteiger partial charge in [-0.2, -0.15) is 18.2 Å². The Hall–Kier alpha value is -3.25. The number of aliphatic hydroxyl groups excluding tert-OH is 1. The summed E-state index contributed by atoms with van der Waals surface area (Å²) in [5.74, 6) is -1.49. The lowest BCUT2D eigenvalue weighted by atomic mass is 9.94. The highest BCUT2D eigenvalue weighted by atomic mass is 19.4. The van der Waals surface area contributed by atoms with Gasteiger partial charge in [0.1, 0.15) is 11.3 Å². The summed E-state index contributed by atoms with van der Waals surface area (Å²) in [5, 5.41) is 26.8. The first-order chi connectivity index (χ1) is 16.1. The Morgan fingerprint density at radius 1 is 1.24 bits per heavy atom. The van der Waals surface area contributed by atoms with Gasteiger partial charge in [-0.05, 0) is 37.8 Å². The fourth-order valence-electron chi connectivity index (χ4n) is 4.22. The van der Waals surface area contributed by atoms with Crippen molar-refractivity contribution in [3.63, 3.8) is 0 Å². The minimum Gasteiger partial charge on any atom is -0.481 e. The smallest absolute Gasteiger partial charge is 0.422 e. The molecule has 182 valence electrons.